The molecular weight excluding hydrogens is 291 g/mol. The molecule has 0 aliphatic heterocycles. The number of rotatable bonds is 5. The van der Waals surface area contributed by atoms with Gasteiger partial charge in [0.1, 0.15) is 6.10 Å². The lowest BCUT2D eigenvalue weighted by Crippen LogP contribution is -2.13. The maximum Gasteiger partial charge on any atom is 0.163 e. The molecule has 1 atom stereocenters. The highest BCUT2D eigenvalue weighted by atomic mass is 79.9. The zero-order valence-electron chi connectivity index (χ0n) is 9.30. The number of carbonyl (C=O) groups is 1. The van der Waals surface area contributed by atoms with Gasteiger partial charge >= 0.3 is 0 Å². The van der Waals surface area contributed by atoms with Crippen molar-refractivity contribution in [1.29, 1.82) is 0 Å². The highest BCUT2D eigenvalue weighted by Crippen LogP contribution is 2.28. The lowest BCUT2D eigenvalue weighted by Gasteiger charge is -2.15. The van der Waals surface area contributed by atoms with Gasteiger partial charge in [-0.1, -0.05) is 24.6 Å². The second-order valence-corrected chi connectivity index (χ2v) is 4.80. The van der Waals surface area contributed by atoms with E-state index in [1.807, 2.05) is 19.1 Å². The van der Waals surface area contributed by atoms with Gasteiger partial charge in [0.05, 0.1) is 5.02 Å². The normalized spacial score (nSPS) is 12.5. The number of halogens is 2. The van der Waals surface area contributed by atoms with Crippen LogP contribution in [0.1, 0.15) is 31.9 Å². The lowest BCUT2D eigenvalue weighted by atomic mass is 10.1. The largest absolute Gasteiger partial charge is 0.366 e. The number of hydrogen-bond donors (Lipinski definition) is 0. The average Bonchev–Trinajstić information content (AvgIpc) is 2.23. The Morgan fingerprint density at radius 3 is 2.75 bits per heavy atom. The van der Waals surface area contributed by atoms with Crippen LogP contribution in [0.3, 0.4) is 0 Å². The first-order valence-corrected chi connectivity index (χ1v) is 6.30. The Hall–Kier alpha value is -0.380. The van der Waals surface area contributed by atoms with Crippen molar-refractivity contribution in [3.05, 3.63) is 33.3 Å². The summed E-state index contributed by atoms with van der Waals surface area (Å²) in [5.74, 6) is 0.00247. The van der Waals surface area contributed by atoms with Crippen molar-refractivity contribution in [3.63, 3.8) is 0 Å². The molecule has 88 valence electrons. The zero-order chi connectivity index (χ0) is 12.1. The Labute approximate surface area is 109 Å². The summed E-state index contributed by atoms with van der Waals surface area (Å²) in [6.07, 6.45) is 0.395. The molecule has 0 heterocycles. The molecule has 1 aromatic carbocycles. The number of benzene rings is 1. The summed E-state index contributed by atoms with van der Waals surface area (Å²) in [7, 11) is 0. The maximum atomic E-state index is 11.5. The minimum absolute atomic E-state index is 0.00247. The van der Waals surface area contributed by atoms with E-state index in [2.05, 4.69) is 15.9 Å². The van der Waals surface area contributed by atoms with Crippen LogP contribution in [0.25, 0.3) is 0 Å². The summed E-state index contributed by atoms with van der Waals surface area (Å²) in [5.41, 5.74) is 0.831. The van der Waals surface area contributed by atoms with E-state index in [9.17, 15) is 4.79 Å². The number of ketones is 1. The maximum absolute atomic E-state index is 11.5. The summed E-state index contributed by atoms with van der Waals surface area (Å²) in [4.78, 5) is 11.5. The first kappa shape index (κ1) is 13.7. The van der Waals surface area contributed by atoms with E-state index < -0.39 is 6.10 Å². The van der Waals surface area contributed by atoms with Gasteiger partial charge in [-0.3, -0.25) is 4.79 Å². The third-order valence-electron chi connectivity index (χ3n) is 2.10. The molecule has 0 amide bonds. The van der Waals surface area contributed by atoms with Gasteiger partial charge in [-0.2, -0.15) is 0 Å². The van der Waals surface area contributed by atoms with Crippen LogP contribution in [0.4, 0.5) is 0 Å². The summed E-state index contributed by atoms with van der Waals surface area (Å²) in [6.45, 7) is 4.11. The Balaban J connectivity index is 2.92. The van der Waals surface area contributed by atoms with Crippen LogP contribution in [0.15, 0.2) is 22.7 Å². The molecule has 0 N–H and O–H groups in total. The highest BCUT2D eigenvalue weighted by molar-refractivity contribution is 9.10. The smallest absolute Gasteiger partial charge is 0.163 e. The van der Waals surface area contributed by atoms with E-state index in [0.717, 1.165) is 16.5 Å². The molecule has 1 rings (SSSR count). The van der Waals surface area contributed by atoms with E-state index in [1.165, 1.54) is 6.92 Å². The fourth-order valence-electron chi connectivity index (χ4n) is 1.36. The lowest BCUT2D eigenvalue weighted by molar-refractivity contribution is -0.128. The molecule has 1 aromatic rings. The van der Waals surface area contributed by atoms with Crippen LogP contribution in [-0.2, 0) is 9.53 Å². The van der Waals surface area contributed by atoms with E-state index in [-0.39, 0.29) is 5.78 Å². The molecule has 0 saturated carbocycles. The fourth-order valence-corrected chi connectivity index (χ4v) is 1.87. The topological polar surface area (TPSA) is 26.3 Å². The van der Waals surface area contributed by atoms with E-state index in [0.29, 0.717) is 11.6 Å². The van der Waals surface area contributed by atoms with Crippen molar-refractivity contribution in [1.82, 2.24) is 0 Å². The van der Waals surface area contributed by atoms with Crippen molar-refractivity contribution in [2.75, 3.05) is 6.61 Å². The fraction of sp³-hybridized carbons (Fsp3) is 0.417. The molecule has 0 aromatic heterocycles. The number of ether oxygens (including phenoxy) is 1. The van der Waals surface area contributed by atoms with Crippen molar-refractivity contribution in [2.45, 2.75) is 26.4 Å². The summed E-state index contributed by atoms with van der Waals surface area (Å²) in [6, 6.07) is 5.39. The number of Topliss-reactive ketones (excluding diaryl/α,β-unsaturated/α-hetero) is 1. The first-order valence-electron chi connectivity index (χ1n) is 5.13. The van der Waals surface area contributed by atoms with Crippen molar-refractivity contribution in [3.8, 4) is 0 Å². The minimum atomic E-state index is -0.492. The van der Waals surface area contributed by atoms with Crippen LogP contribution >= 0.6 is 27.5 Å². The van der Waals surface area contributed by atoms with Gasteiger partial charge in [-0.15, -0.1) is 0 Å². The van der Waals surface area contributed by atoms with Gasteiger partial charge in [-0.05, 0) is 47.0 Å². The van der Waals surface area contributed by atoms with Gasteiger partial charge < -0.3 is 4.74 Å². The second kappa shape index (κ2) is 6.38. The number of hydrogen-bond acceptors (Lipinski definition) is 2. The SMILES string of the molecule is CCCOC(C(C)=O)c1ccc(Cl)c(Br)c1. The van der Waals surface area contributed by atoms with Gasteiger partial charge in [0.2, 0.25) is 0 Å². The molecule has 0 spiro atoms. The van der Waals surface area contributed by atoms with Crippen LogP contribution in [0, 0.1) is 0 Å². The molecule has 4 heteroatoms. The van der Waals surface area contributed by atoms with Gasteiger partial charge in [0.15, 0.2) is 5.78 Å². The second-order valence-electron chi connectivity index (χ2n) is 3.54. The van der Waals surface area contributed by atoms with Gasteiger partial charge in [0.25, 0.3) is 0 Å². The zero-order valence-corrected chi connectivity index (χ0v) is 11.6. The van der Waals surface area contributed by atoms with Crippen LogP contribution < -0.4 is 0 Å². The van der Waals surface area contributed by atoms with Crippen LogP contribution in [-0.4, -0.2) is 12.4 Å². The summed E-state index contributed by atoms with van der Waals surface area (Å²) in [5, 5.41) is 0.626. The first-order chi connectivity index (χ1) is 7.56. The predicted octanol–water partition coefficient (Wildman–Crippen LogP) is 4.16. The molecule has 1 unspecified atom stereocenters. The molecule has 2 nitrogen and oxygen atoms in total. The summed E-state index contributed by atoms with van der Waals surface area (Å²) >= 11 is 9.23. The molecule has 0 radical (unpaired) electrons. The third-order valence-corrected chi connectivity index (χ3v) is 3.32. The average molecular weight is 306 g/mol. The highest BCUT2D eigenvalue weighted by Gasteiger charge is 2.17. The summed E-state index contributed by atoms with van der Waals surface area (Å²) < 4.78 is 6.30. The molecule has 0 aliphatic carbocycles. The Bertz CT molecular complexity index is 379. The predicted molar refractivity (Wildman–Crippen MR) is 68.8 cm³/mol. The van der Waals surface area contributed by atoms with E-state index >= 15 is 0 Å². The minimum Gasteiger partial charge on any atom is -0.366 e. The van der Waals surface area contributed by atoms with Gasteiger partial charge in [-0.25, -0.2) is 0 Å². The Kier molecular flexibility index (Phi) is 5.46. The molecule has 0 fully saturated rings. The van der Waals surface area contributed by atoms with E-state index in [1.54, 1.807) is 6.07 Å². The van der Waals surface area contributed by atoms with E-state index in [4.69, 9.17) is 16.3 Å². The third kappa shape index (κ3) is 3.58. The molecule has 16 heavy (non-hydrogen) atoms. The van der Waals surface area contributed by atoms with Crippen molar-refractivity contribution >= 4 is 33.3 Å². The van der Waals surface area contributed by atoms with Gasteiger partial charge in [0, 0.05) is 11.1 Å². The molecule has 0 saturated heterocycles. The van der Waals surface area contributed by atoms with Crippen molar-refractivity contribution in [2.24, 2.45) is 0 Å². The quantitative estimate of drug-likeness (QED) is 0.816. The molecule has 0 aliphatic rings. The standard InChI is InChI=1S/C12H14BrClO2/c1-3-6-16-12(8(2)15)9-4-5-11(14)10(13)7-9/h4-5,7,12H,3,6H2,1-2H3. The van der Waals surface area contributed by atoms with Crippen molar-refractivity contribution < 1.29 is 9.53 Å². The number of carbonyl (C=O) groups excluding carboxylic acids is 1. The molecule has 0 bridgehead atoms. The Morgan fingerprint density at radius 2 is 2.25 bits per heavy atom. The molecular formula is C12H14BrClO2. The van der Waals surface area contributed by atoms with Crippen LogP contribution in [0.5, 0.6) is 0 Å². The monoisotopic (exact) mass is 304 g/mol. The Morgan fingerprint density at radius 1 is 1.56 bits per heavy atom. The van der Waals surface area contributed by atoms with Crippen LogP contribution in [0.2, 0.25) is 5.02 Å².